The highest BCUT2D eigenvalue weighted by molar-refractivity contribution is 5.86. The van der Waals surface area contributed by atoms with Gasteiger partial charge in [-0.3, -0.25) is 14.5 Å². The van der Waals surface area contributed by atoms with E-state index < -0.39 is 24.0 Å². The number of carbonyl (C=O) groups is 3. The molecule has 0 fully saturated rings. The van der Waals surface area contributed by atoms with Crippen molar-refractivity contribution < 1.29 is 34.4 Å². The largest absolute Gasteiger partial charge is 0.480 e. The Morgan fingerprint density at radius 3 is 2.07 bits per heavy atom. The summed E-state index contributed by atoms with van der Waals surface area (Å²) >= 11 is 0. The number of aliphatic carboxylic acids is 2. The quantitative estimate of drug-likeness (QED) is 0.217. The minimum atomic E-state index is -1.08. The van der Waals surface area contributed by atoms with Gasteiger partial charge in [0.1, 0.15) is 12.7 Å². The van der Waals surface area contributed by atoms with E-state index in [0.29, 0.717) is 6.54 Å². The van der Waals surface area contributed by atoms with Crippen LogP contribution in [0.1, 0.15) is 6.92 Å². The number of benzene rings is 1. The number of carbonyl (C=O) groups excluding carboxylic acids is 1. The minimum absolute atomic E-state index is 0.137. The number of carboxylic acid groups (broad SMARTS) is 2. The summed E-state index contributed by atoms with van der Waals surface area (Å²) in [6.07, 6.45) is -0.870. The number of carboxylic acids is 2. The van der Waals surface area contributed by atoms with E-state index in [0.717, 1.165) is 11.4 Å². The second kappa shape index (κ2) is 12.4. The first-order chi connectivity index (χ1) is 13.7. The van der Waals surface area contributed by atoms with Gasteiger partial charge in [-0.1, -0.05) is 6.58 Å². The zero-order chi connectivity index (χ0) is 21.8. The molecule has 0 saturated heterocycles. The maximum Gasteiger partial charge on any atom is 0.333 e. The Hall–Kier alpha value is -3.11. The third kappa shape index (κ3) is 10.7. The number of esters is 1. The van der Waals surface area contributed by atoms with E-state index >= 15 is 0 Å². The summed E-state index contributed by atoms with van der Waals surface area (Å²) in [4.78, 5) is 34.1. The first-order valence-corrected chi connectivity index (χ1v) is 8.91. The minimum Gasteiger partial charge on any atom is -0.480 e. The van der Waals surface area contributed by atoms with Crippen molar-refractivity contribution in [1.29, 1.82) is 0 Å². The second-order valence-corrected chi connectivity index (χ2v) is 6.42. The van der Waals surface area contributed by atoms with Gasteiger partial charge in [0.25, 0.3) is 0 Å². The van der Waals surface area contributed by atoms with E-state index in [1.807, 2.05) is 0 Å². The first kappa shape index (κ1) is 23.9. The zero-order valence-corrected chi connectivity index (χ0v) is 16.3. The summed E-state index contributed by atoms with van der Waals surface area (Å²) in [7, 11) is 0. The van der Waals surface area contributed by atoms with Crippen LogP contribution >= 0.6 is 0 Å². The van der Waals surface area contributed by atoms with E-state index in [1.165, 1.54) is 11.8 Å². The van der Waals surface area contributed by atoms with Crippen LogP contribution in [-0.4, -0.2) is 83.6 Å². The molecule has 1 aromatic carbocycles. The summed E-state index contributed by atoms with van der Waals surface area (Å²) in [5.74, 6) is -2.72. The average Bonchev–Trinajstić information content (AvgIpc) is 2.64. The highest BCUT2D eigenvalue weighted by atomic mass is 16.5. The van der Waals surface area contributed by atoms with Crippen molar-refractivity contribution in [2.75, 3.05) is 50.0 Å². The summed E-state index contributed by atoms with van der Waals surface area (Å²) in [5, 5.41) is 33.5. The van der Waals surface area contributed by atoms with Gasteiger partial charge < -0.3 is 30.7 Å². The van der Waals surface area contributed by atoms with Gasteiger partial charge in [0.05, 0.1) is 13.1 Å². The summed E-state index contributed by atoms with van der Waals surface area (Å²) in [6, 6.07) is 7.13. The van der Waals surface area contributed by atoms with Crippen LogP contribution in [0.2, 0.25) is 0 Å². The molecule has 29 heavy (non-hydrogen) atoms. The number of rotatable bonds is 14. The van der Waals surface area contributed by atoms with Gasteiger partial charge in [-0.05, 0) is 31.2 Å². The molecule has 0 radical (unpaired) electrons. The Morgan fingerprint density at radius 2 is 1.59 bits per heavy atom. The number of aliphatic hydroxyl groups excluding tert-OH is 1. The Balaban J connectivity index is 2.37. The number of ether oxygens (including phenoxy) is 1. The number of hydrogen-bond donors (Lipinski definition) is 5. The van der Waals surface area contributed by atoms with Crippen molar-refractivity contribution in [2.24, 2.45) is 0 Å². The fourth-order valence-corrected chi connectivity index (χ4v) is 2.25. The second-order valence-electron chi connectivity index (χ2n) is 6.42. The molecular weight excluding hydrogens is 382 g/mol. The lowest BCUT2D eigenvalue weighted by atomic mass is 10.2. The smallest absolute Gasteiger partial charge is 0.333 e. The Morgan fingerprint density at radius 1 is 1.07 bits per heavy atom. The fraction of sp³-hybridized carbons (Fsp3) is 0.421. The van der Waals surface area contributed by atoms with Crippen molar-refractivity contribution in [3.05, 3.63) is 36.4 Å². The Kier molecular flexibility index (Phi) is 10.2. The van der Waals surface area contributed by atoms with Crippen LogP contribution in [0.3, 0.4) is 0 Å². The van der Waals surface area contributed by atoms with Crippen molar-refractivity contribution in [1.82, 2.24) is 4.90 Å². The summed E-state index contributed by atoms with van der Waals surface area (Å²) < 4.78 is 4.87. The molecule has 10 heteroatoms. The van der Waals surface area contributed by atoms with E-state index in [1.54, 1.807) is 24.3 Å². The molecule has 5 N–H and O–H groups in total. The van der Waals surface area contributed by atoms with Gasteiger partial charge in [-0.15, -0.1) is 0 Å². The highest BCUT2D eigenvalue weighted by Crippen LogP contribution is 2.13. The maximum absolute atomic E-state index is 11.3. The van der Waals surface area contributed by atoms with E-state index in [4.69, 9.17) is 14.9 Å². The van der Waals surface area contributed by atoms with Gasteiger partial charge in [0.15, 0.2) is 0 Å². The molecule has 1 atom stereocenters. The topological polar surface area (TPSA) is 148 Å². The molecule has 0 aliphatic carbocycles. The molecule has 0 heterocycles. The van der Waals surface area contributed by atoms with Gasteiger partial charge in [-0.2, -0.15) is 0 Å². The maximum atomic E-state index is 11.3. The first-order valence-electron chi connectivity index (χ1n) is 8.91. The number of nitrogens with zero attached hydrogens (tertiary/aromatic N) is 1. The zero-order valence-electron chi connectivity index (χ0n) is 16.3. The van der Waals surface area contributed by atoms with Gasteiger partial charge >= 0.3 is 17.9 Å². The highest BCUT2D eigenvalue weighted by Gasteiger charge is 2.13. The van der Waals surface area contributed by atoms with Gasteiger partial charge in [-0.25, -0.2) is 4.79 Å². The van der Waals surface area contributed by atoms with Crippen molar-refractivity contribution in [2.45, 2.75) is 13.0 Å². The molecule has 10 nitrogen and oxygen atoms in total. The Labute approximate surface area is 168 Å². The SMILES string of the molecule is C=C(C)C(=O)OCC(O)CNc1ccc(NCCN(CC(=O)O)CC(=O)O)cc1. The lowest BCUT2D eigenvalue weighted by Gasteiger charge is -2.18. The predicted octanol–water partition coefficient (Wildman–Crippen LogP) is 0.462. The molecule has 1 aromatic rings. The molecular formula is C19H27N3O7. The van der Waals surface area contributed by atoms with Crippen LogP contribution in [0.5, 0.6) is 0 Å². The average molecular weight is 409 g/mol. The van der Waals surface area contributed by atoms with Crippen molar-refractivity contribution >= 4 is 29.3 Å². The lowest BCUT2D eigenvalue weighted by Crippen LogP contribution is -2.37. The van der Waals surface area contributed by atoms with Crippen LogP contribution in [0.25, 0.3) is 0 Å². The third-order valence-corrected chi connectivity index (χ3v) is 3.66. The molecule has 0 aliphatic rings. The molecule has 0 saturated carbocycles. The van der Waals surface area contributed by atoms with Crippen LogP contribution in [0.15, 0.2) is 36.4 Å². The van der Waals surface area contributed by atoms with E-state index in [2.05, 4.69) is 17.2 Å². The molecule has 1 rings (SSSR count). The molecule has 0 aliphatic heterocycles. The fourth-order valence-electron chi connectivity index (χ4n) is 2.25. The van der Waals surface area contributed by atoms with Crippen LogP contribution in [-0.2, 0) is 19.1 Å². The monoisotopic (exact) mass is 409 g/mol. The normalized spacial score (nSPS) is 11.6. The Bertz CT molecular complexity index is 690. The molecule has 0 aromatic heterocycles. The molecule has 0 spiro atoms. The standard InChI is InChI=1S/C19H27N3O7/c1-13(2)19(28)29-12-16(23)9-21-15-5-3-14(4-6-15)20-7-8-22(10-17(24)25)11-18(26)27/h3-6,16,20-21,23H,1,7-12H2,2H3,(H,24,25)(H,26,27). The lowest BCUT2D eigenvalue weighted by molar-refractivity contribution is -0.142. The predicted molar refractivity (Wildman–Crippen MR) is 107 cm³/mol. The number of aliphatic hydroxyl groups is 1. The molecule has 160 valence electrons. The molecule has 0 amide bonds. The third-order valence-electron chi connectivity index (χ3n) is 3.66. The number of nitrogens with one attached hydrogen (secondary N) is 2. The summed E-state index contributed by atoms with van der Waals surface area (Å²) in [6.45, 7) is 4.98. The van der Waals surface area contributed by atoms with Crippen LogP contribution < -0.4 is 10.6 Å². The molecule has 1 unspecified atom stereocenters. The van der Waals surface area contributed by atoms with Gasteiger partial charge in [0.2, 0.25) is 0 Å². The summed E-state index contributed by atoms with van der Waals surface area (Å²) in [5.41, 5.74) is 1.79. The number of anilines is 2. The van der Waals surface area contributed by atoms with E-state index in [-0.39, 0.29) is 38.4 Å². The van der Waals surface area contributed by atoms with Crippen LogP contribution in [0, 0.1) is 0 Å². The van der Waals surface area contributed by atoms with Gasteiger partial charge in [0, 0.05) is 36.6 Å². The van der Waals surface area contributed by atoms with E-state index in [9.17, 15) is 19.5 Å². The number of hydrogen-bond acceptors (Lipinski definition) is 8. The van der Waals surface area contributed by atoms with Crippen LogP contribution in [0.4, 0.5) is 11.4 Å². The van der Waals surface area contributed by atoms with Crippen molar-refractivity contribution in [3.63, 3.8) is 0 Å². The molecule has 0 bridgehead atoms. The van der Waals surface area contributed by atoms with Crippen molar-refractivity contribution in [3.8, 4) is 0 Å².